The Kier molecular flexibility index (Phi) is 5.73. The van der Waals surface area contributed by atoms with E-state index in [0.717, 1.165) is 61.1 Å². The van der Waals surface area contributed by atoms with E-state index in [4.69, 9.17) is 0 Å². The van der Waals surface area contributed by atoms with Crippen molar-refractivity contribution in [3.63, 3.8) is 0 Å². The molecule has 0 saturated carbocycles. The van der Waals surface area contributed by atoms with Gasteiger partial charge in [0, 0.05) is 5.52 Å². The van der Waals surface area contributed by atoms with Gasteiger partial charge >= 0.3 is 0 Å². The van der Waals surface area contributed by atoms with Crippen molar-refractivity contribution in [2.75, 3.05) is 13.1 Å². The van der Waals surface area contributed by atoms with Crippen LogP contribution in [0.5, 0.6) is 0 Å². The van der Waals surface area contributed by atoms with Crippen LogP contribution in [0.2, 0.25) is 0 Å². The van der Waals surface area contributed by atoms with Gasteiger partial charge in [-0.2, -0.15) is 0 Å². The number of fused-ring (bicyclic) bond motifs is 1. The van der Waals surface area contributed by atoms with Crippen LogP contribution in [0, 0.1) is 0 Å². The lowest BCUT2D eigenvalue weighted by Gasteiger charge is -2.33. The summed E-state index contributed by atoms with van der Waals surface area (Å²) >= 11 is 0. The van der Waals surface area contributed by atoms with Gasteiger partial charge in [0.15, 0.2) is 6.04 Å². The highest BCUT2D eigenvalue weighted by atomic mass is 16.1. The van der Waals surface area contributed by atoms with Crippen molar-refractivity contribution in [3.8, 4) is 0 Å². The van der Waals surface area contributed by atoms with Crippen LogP contribution in [0.1, 0.15) is 76.4 Å². The second-order valence-corrected chi connectivity index (χ2v) is 9.10. The number of piperidine rings is 1. The Balaban J connectivity index is 1.90. The van der Waals surface area contributed by atoms with Gasteiger partial charge in [0.2, 0.25) is 5.82 Å². The maximum atomic E-state index is 13.3. The van der Waals surface area contributed by atoms with E-state index in [1.165, 1.54) is 16.9 Å². The molecule has 0 aliphatic carbocycles. The fraction of sp³-hybridized carbons (Fsp3) is 0.565. The molecule has 0 bridgehead atoms. The molecule has 1 saturated heterocycles. The number of pyridine rings is 1. The van der Waals surface area contributed by atoms with Crippen molar-refractivity contribution in [3.05, 3.63) is 51.6 Å². The van der Waals surface area contributed by atoms with Gasteiger partial charge in [0.1, 0.15) is 0 Å². The third-order valence-corrected chi connectivity index (χ3v) is 6.75. The van der Waals surface area contributed by atoms with Gasteiger partial charge in [-0.15, -0.1) is 5.10 Å². The van der Waals surface area contributed by atoms with Crippen molar-refractivity contribution < 1.29 is 4.90 Å². The fourth-order valence-electron chi connectivity index (χ4n) is 4.50. The Bertz CT molecular complexity index is 1080. The van der Waals surface area contributed by atoms with Gasteiger partial charge in [-0.3, -0.25) is 4.79 Å². The molecule has 1 fully saturated rings. The molecule has 4 rings (SSSR count). The topological polar surface area (TPSA) is 80.9 Å². The summed E-state index contributed by atoms with van der Waals surface area (Å²) in [6.07, 6.45) is 5.44. The van der Waals surface area contributed by atoms with Crippen molar-refractivity contribution in [2.24, 2.45) is 0 Å². The van der Waals surface area contributed by atoms with E-state index in [0.29, 0.717) is 0 Å². The van der Waals surface area contributed by atoms with Gasteiger partial charge < -0.3 is 9.88 Å². The van der Waals surface area contributed by atoms with Crippen molar-refractivity contribution in [2.45, 2.75) is 71.4 Å². The average Bonchev–Trinajstić information content (AvgIpc) is 3.25. The lowest BCUT2D eigenvalue weighted by molar-refractivity contribution is -0.931. The number of benzene rings is 1. The van der Waals surface area contributed by atoms with Crippen molar-refractivity contribution >= 4 is 10.9 Å². The summed E-state index contributed by atoms with van der Waals surface area (Å²) in [6.45, 7) is 10.6. The number of aryl methyl sites for hydroxylation is 1. The molecule has 7 heteroatoms. The molecule has 1 atom stereocenters. The standard InChI is InChI=1S/C23H32N6O/c1-5-16-10-11-19-17(14-16)15-18(22(30)24-19)20(28-12-8-7-9-13-28)21-25-26-27-29(21)23(3,4)6-2/h10-11,14-15,20H,5-9,12-13H2,1-4H3,(H,24,30)/p+1/t20-/m0/s1. The Hall–Kier alpha value is -2.54. The number of hydrogen-bond donors (Lipinski definition) is 2. The molecule has 1 aliphatic rings. The number of nitrogens with one attached hydrogen (secondary N) is 2. The average molecular weight is 410 g/mol. The molecule has 0 radical (unpaired) electrons. The van der Waals surface area contributed by atoms with Gasteiger partial charge in [-0.1, -0.05) is 19.9 Å². The lowest BCUT2D eigenvalue weighted by atomic mass is 9.97. The summed E-state index contributed by atoms with van der Waals surface area (Å²) in [7, 11) is 0. The molecule has 2 N–H and O–H groups in total. The van der Waals surface area contributed by atoms with Gasteiger partial charge in [0.05, 0.1) is 24.2 Å². The number of H-pyrrole nitrogens is 1. The van der Waals surface area contributed by atoms with Crippen LogP contribution >= 0.6 is 0 Å². The molecule has 0 unspecified atom stereocenters. The molecule has 30 heavy (non-hydrogen) atoms. The molecule has 3 aromatic rings. The number of aromatic nitrogens is 5. The molecule has 3 heterocycles. The van der Waals surface area contributed by atoms with E-state index in [2.05, 4.69) is 66.4 Å². The minimum atomic E-state index is -0.217. The molecular formula is C23H33N6O+. The van der Waals surface area contributed by atoms with E-state index in [-0.39, 0.29) is 17.1 Å². The SMILES string of the molecule is CCc1ccc2[nH]c(=O)c([C@@H](c3nnnn3C(C)(C)CC)[NH+]3CCCCC3)cc2c1. The van der Waals surface area contributed by atoms with E-state index in [1.54, 1.807) is 0 Å². The smallest absolute Gasteiger partial charge is 0.258 e. The second-order valence-electron chi connectivity index (χ2n) is 9.10. The molecule has 160 valence electrons. The zero-order valence-electron chi connectivity index (χ0n) is 18.5. The third kappa shape index (κ3) is 3.78. The predicted molar refractivity (Wildman–Crippen MR) is 118 cm³/mol. The first-order chi connectivity index (χ1) is 14.4. The second kappa shape index (κ2) is 8.30. The summed E-state index contributed by atoms with van der Waals surface area (Å²) in [6, 6.07) is 8.15. The van der Waals surface area contributed by atoms with E-state index < -0.39 is 0 Å². The minimum Gasteiger partial charge on any atom is -0.322 e. The van der Waals surface area contributed by atoms with E-state index >= 15 is 0 Å². The van der Waals surface area contributed by atoms with Crippen LogP contribution in [0.3, 0.4) is 0 Å². The van der Waals surface area contributed by atoms with E-state index in [1.807, 2.05) is 10.7 Å². The largest absolute Gasteiger partial charge is 0.322 e. The monoisotopic (exact) mass is 409 g/mol. The highest BCUT2D eigenvalue weighted by molar-refractivity contribution is 5.79. The molecule has 1 aliphatic heterocycles. The summed E-state index contributed by atoms with van der Waals surface area (Å²) in [4.78, 5) is 17.7. The minimum absolute atomic E-state index is 0.0429. The zero-order valence-corrected chi connectivity index (χ0v) is 18.5. The van der Waals surface area contributed by atoms with Gasteiger partial charge in [-0.25, -0.2) is 4.68 Å². The van der Waals surface area contributed by atoms with E-state index in [9.17, 15) is 4.79 Å². The Morgan fingerprint density at radius 1 is 1.17 bits per heavy atom. The van der Waals surface area contributed by atoms with Crippen molar-refractivity contribution in [1.82, 2.24) is 25.2 Å². The van der Waals surface area contributed by atoms with Crippen LogP contribution in [0.15, 0.2) is 29.1 Å². The number of rotatable bonds is 6. The first-order valence-corrected chi connectivity index (χ1v) is 11.2. The summed E-state index contributed by atoms with van der Waals surface area (Å²) in [5.41, 5.74) is 2.64. The molecule has 2 aromatic heterocycles. The quantitative estimate of drug-likeness (QED) is 0.655. The number of quaternary nitrogens is 1. The van der Waals surface area contributed by atoms with Crippen LogP contribution in [0.25, 0.3) is 10.9 Å². The molecule has 7 nitrogen and oxygen atoms in total. The summed E-state index contributed by atoms with van der Waals surface area (Å²) in [5, 5.41) is 13.9. The molecule has 0 amide bonds. The summed E-state index contributed by atoms with van der Waals surface area (Å²) < 4.78 is 1.94. The molecule has 0 spiro atoms. The predicted octanol–water partition coefficient (Wildman–Crippen LogP) is 2.38. The summed E-state index contributed by atoms with van der Waals surface area (Å²) in [5.74, 6) is 0.787. The van der Waals surface area contributed by atoms with Crippen molar-refractivity contribution in [1.29, 1.82) is 0 Å². The first kappa shape index (κ1) is 20.7. The normalized spacial score (nSPS) is 16.8. The number of hydrogen-bond acceptors (Lipinski definition) is 4. The lowest BCUT2D eigenvalue weighted by Crippen LogP contribution is -3.13. The fourth-order valence-corrected chi connectivity index (χ4v) is 4.50. The van der Waals surface area contributed by atoms with Gasteiger partial charge in [0.25, 0.3) is 5.56 Å². The molecular weight excluding hydrogens is 376 g/mol. The number of aromatic amines is 1. The Morgan fingerprint density at radius 2 is 1.93 bits per heavy atom. The van der Waals surface area contributed by atoms with Crippen LogP contribution < -0.4 is 10.5 Å². The zero-order chi connectivity index (χ0) is 21.3. The highest BCUT2D eigenvalue weighted by Gasteiger charge is 2.37. The number of nitrogens with zero attached hydrogens (tertiary/aromatic N) is 4. The van der Waals surface area contributed by atoms with Gasteiger partial charge in [-0.05, 0) is 85.5 Å². The highest BCUT2D eigenvalue weighted by Crippen LogP contribution is 2.25. The van der Waals surface area contributed by atoms with Crippen LogP contribution in [0.4, 0.5) is 0 Å². The maximum absolute atomic E-state index is 13.3. The Morgan fingerprint density at radius 3 is 2.63 bits per heavy atom. The third-order valence-electron chi connectivity index (χ3n) is 6.75. The van der Waals surface area contributed by atoms with Crippen LogP contribution in [-0.2, 0) is 12.0 Å². The maximum Gasteiger partial charge on any atom is 0.258 e. The Labute approximate surface area is 177 Å². The number of likely N-dealkylation sites (tertiary alicyclic amines) is 1. The van der Waals surface area contributed by atoms with Crippen LogP contribution in [-0.4, -0.2) is 38.3 Å². The number of tetrazole rings is 1. The molecule has 1 aromatic carbocycles. The first-order valence-electron chi connectivity index (χ1n) is 11.2.